The van der Waals surface area contributed by atoms with Crippen molar-refractivity contribution in [3.8, 4) is 11.6 Å². The fourth-order valence-electron chi connectivity index (χ4n) is 3.08. The van der Waals surface area contributed by atoms with Gasteiger partial charge in [0.2, 0.25) is 5.88 Å². The van der Waals surface area contributed by atoms with E-state index in [2.05, 4.69) is 30.8 Å². The zero-order valence-corrected chi connectivity index (χ0v) is 21.6. The predicted octanol–water partition coefficient (Wildman–Crippen LogP) is 3.86. The first kappa shape index (κ1) is 28.7. The molecule has 2 aromatic carbocycles. The smallest absolute Gasteiger partial charge is 0.358 e. The number of nitrogens with zero attached hydrogens (tertiary/aromatic N) is 3. The molecule has 0 bridgehead atoms. The Balaban J connectivity index is 0.000000572. The van der Waals surface area contributed by atoms with Gasteiger partial charge in [0.05, 0.1) is 22.8 Å². The largest absolute Gasteiger partial charge is 0.461 e. The van der Waals surface area contributed by atoms with Gasteiger partial charge in [-0.25, -0.2) is 9.59 Å². The molecule has 0 atom stereocenters. The number of hydrogen-bond acceptors (Lipinski definition) is 8. The lowest BCUT2D eigenvalue weighted by atomic mass is 10.2. The number of aromatic nitrogens is 2. The second kappa shape index (κ2) is 13.5. The predicted molar refractivity (Wildman–Crippen MR) is 134 cm³/mol. The minimum Gasteiger partial charge on any atom is -0.461 e. The lowest BCUT2D eigenvalue weighted by molar-refractivity contribution is 0.0518. The first-order valence-electron chi connectivity index (χ1n) is 11.5. The maximum absolute atomic E-state index is 12.4. The summed E-state index contributed by atoms with van der Waals surface area (Å²) in [6.45, 7) is 11.9. The van der Waals surface area contributed by atoms with Crippen LogP contribution in [0.5, 0.6) is 5.88 Å². The van der Waals surface area contributed by atoms with Crippen LogP contribution in [0.1, 0.15) is 48.5 Å². The number of benzene rings is 2. The van der Waals surface area contributed by atoms with E-state index in [1.54, 1.807) is 37.3 Å². The van der Waals surface area contributed by atoms with Crippen LogP contribution >= 0.6 is 0 Å². The molecule has 11 heteroatoms. The minimum absolute atomic E-state index is 0.0680. The van der Waals surface area contributed by atoms with Gasteiger partial charge in [0.25, 0.3) is 10.1 Å². The summed E-state index contributed by atoms with van der Waals surface area (Å²) in [5.41, 5.74) is 0.491. The van der Waals surface area contributed by atoms with Gasteiger partial charge in [0, 0.05) is 6.07 Å². The number of hydrogen-bond donors (Lipinski definition) is 1. The Bertz CT molecular complexity index is 1230. The highest BCUT2D eigenvalue weighted by Gasteiger charge is 2.21. The second-order valence-electron chi connectivity index (χ2n) is 7.34. The summed E-state index contributed by atoms with van der Waals surface area (Å²) in [5, 5.41) is 4.09. The highest BCUT2D eigenvalue weighted by atomic mass is 32.2. The van der Waals surface area contributed by atoms with Crippen molar-refractivity contribution in [1.29, 1.82) is 0 Å². The molecule has 36 heavy (non-hydrogen) atoms. The molecule has 1 aromatic heterocycles. The van der Waals surface area contributed by atoms with Crippen LogP contribution in [-0.4, -0.2) is 65.8 Å². The lowest BCUT2D eigenvalue weighted by Gasteiger charge is -2.13. The van der Waals surface area contributed by atoms with Crippen molar-refractivity contribution in [2.24, 2.45) is 0 Å². The van der Waals surface area contributed by atoms with Crippen LogP contribution in [0.15, 0.2) is 65.6 Å². The van der Waals surface area contributed by atoms with Crippen molar-refractivity contribution < 1.29 is 32.0 Å². The van der Waals surface area contributed by atoms with E-state index in [1.807, 2.05) is 0 Å². The molecule has 3 rings (SSSR count). The van der Waals surface area contributed by atoms with E-state index in [0.717, 1.165) is 16.8 Å². The zero-order chi connectivity index (χ0) is 26.7. The van der Waals surface area contributed by atoms with Crippen LogP contribution in [0.2, 0.25) is 0 Å². The molecule has 0 unspecified atom stereocenters. The van der Waals surface area contributed by atoms with Crippen LogP contribution in [0.3, 0.4) is 0 Å². The molecule has 0 aliphatic heterocycles. The van der Waals surface area contributed by atoms with Gasteiger partial charge in [-0.3, -0.25) is 4.55 Å². The quantitative estimate of drug-likeness (QED) is 0.332. The van der Waals surface area contributed by atoms with Gasteiger partial charge >= 0.3 is 11.9 Å². The average molecular weight is 518 g/mol. The molecular weight excluding hydrogens is 486 g/mol. The molecule has 0 spiro atoms. The summed E-state index contributed by atoms with van der Waals surface area (Å²) in [4.78, 5) is 26.5. The van der Waals surface area contributed by atoms with Crippen molar-refractivity contribution >= 4 is 22.1 Å². The first-order chi connectivity index (χ1) is 17.1. The highest BCUT2D eigenvalue weighted by Crippen LogP contribution is 2.23. The fraction of sp³-hybridized carbons (Fsp3) is 0.320. The first-order valence-corrected chi connectivity index (χ1v) is 12.9. The Kier molecular flexibility index (Phi) is 10.8. The van der Waals surface area contributed by atoms with Gasteiger partial charge in [-0.15, -0.1) is 0 Å². The van der Waals surface area contributed by atoms with E-state index in [0.29, 0.717) is 11.3 Å². The van der Waals surface area contributed by atoms with Crippen molar-refractivity contribution in [3.05, 3.63) is 71.9 Å². The molecule has 0 radical (unpaired) electrons. The Morgan fingerprint density at radius 1 is 0.917 bits per heavy atom. The molecular formula is C25H31N3O7S. The minimum atomic E-state index is -4.37. The number of ether oxygens (including phenoxy) is 2. The van der Waals surface area contributed by atoms with E-state index in [4.69, 9.17) is 14.0 Å². The van der Waals surface area contributed by atoms with Gasteiger partial charge in [-0.05, 0) is 63.0 Å². The maximum Gasteiger partial charge on any atom is 0.358 e. The Hall–Kier alpha value is -3.54. The summed E-state index contributed by atoms with van der Waals surface area (Å²) in [6, 6.07) is 14.4. The van der Waals surface area contributed by atoms with E-state index >= 15 is 0 Å². The van der Waals surface area contributed by atoms with Crippen molar-refractivity contribution in [1.82, 2.24) is 14.7 Å². The van der Waals surface area contributed by atoms with Crippen LogP contribution in [0.4, 0.5) is 0 Å². The number of carbonyl (C=O) groups is 2. The third-order valence-corrected chi connectivity index (χ3v) is 5.96. The zero-order valence-electron chi connectivity index (χ0n) is 20.7. The van der Waals surface area contributed by atoms with Crippen LogP contribution in [-0.2, 0) is 14.9 Å². The van der Waals surface area contributed by atoms with E-state index in [1.165, 1.54) is 37.8 Å². The highest BCUT2D eigenvalue weighted by molar-refractivity contribution is 7.85. The third kappa shape index (κ3) is 8.01. The average Bonchev–Trinajstić information content (AvgIpc) is 3.29. The topological polar surface area (TPSA) is 128 Å². The molecule has 1 heterocycles. The van der Waals surface area contributed by atoms with Gasteiger partial charge < -0.3 is 14.4 Å². The fourth-order valence-corrected chi connectivity index (χ4v) is 3.56. The van der Waals surface area contributed by atoms with Crippen molar-refractivity contribution in [2.75, 3.05) is 26.2 Å². The summed E-state index contributed by atoms with van der Waals surface area (Å²) in [6.07, 6.45) is 0. The monoisotopic (exact) mass is 517 g/mol. The van der Waals surface area contributed by atoms with Gasteiger partial charge in [-0.2, -0.15) is 18.2 Å². The normalized spacial score (nSPS) is 10.9. The van der Waals surface area contributed by atoms with E-state index in [9.17, 15) is 18.0 Å². The van der Waals surface area contributed by atoms with Crippen LogP contribution < -0.4 is 4.74 Å². The Morgan fingerprint density at radius 2 is 1.50 bits per heavy atom. The van der Waals surface area contributed by atoms with Gasteiger partial charge in [0.15, 0.2) is 5.69 Å². The number of carbonyl (C=O) groups excluding carboxylic acids is 2. The Labute approximate surface area is 211 Å². The van der Waals surface area contributed by atoms with Crippen LogP contribution in [0.25, 0.3) is 5.69 Å². The van der Waals surface area contributed by atoms with Crippen molar-refractivity contribution in [2.45, 2.75) is 32.6 Å². The summed E-state index contributed by atoms with van der Waals surface area (Å²) in [5.74, 6) is -1.45. The van der Waals surface area contributed by atoms with Crippen LogP contribution in [0, 0.1) is 0 Å². The number of rotatable bonds is 9. The summed E-state index contributed by atoms with van der Waals surface area (Å²) < 4.78 is 43.0. The summed E-state index contributed by atoms with van der Waals surface area (Å²) in [7, 11) is -4.37. The molecule has 0 saturated carbocycles. The molecule has 0 saturated heterocycles. The molecule has 10 nitrogen and oxygen atoms in total. The number of esters is 2. The standard InChI is InChI=1S/C19H16N2O7S.C6H15N/c1-2-27-19(23)16-12-17(28-18(22)13-6-4-3-5-7-13)21(20-16)14-8-10-15(11-9-14)29(24,25)26;1-4-7(5-2)6-3/h3-12H,2H2,1H3,(H,24,25,26);4-6H2,1-3H3. The SMILES string of the molecule is CCN(CC)CC.CCOC(=O)c1cc(OC(=O)c2ccccc2)n(-c2ccc(S(=O)(=O)O)cc2)n1. The van der Waals surface area contributed by atoms with E-state index < -0.39 is 22.1 Å². The molecule has 0 aliphatic carbocycles. The van der Waals surface area contributed by atoms with Crippen molar-refractivity contribution in [3.63, 3.8) is 0 Å². The van der Waals surface area contributed by atoms with Gasteiger partial charge in [0.1, 0.15) is 0 Å². The summed E-state index contributed by atoms with van der Waals surface area (Å²) >= 11 is 0. The Morgan fingerprint density at radius 3 is 1.97 bits per heavy atom. The molecule has 194 valence electrons. The van der Waals surface area contributed by atoms with E-state index in [-0.39, 0.29) is 23.1 Å². The molecule has 0 amide bonds. The molecule has 0 fully saturated rings. The maximum atomic E-state index is 12.4. The van der Waals surface area contributed by atoms with Gasteiger partial charge in [-0.1, -0.05) is 39.0 Å². The second-order valence-corrected chi connectivity index (χ2v) is 8.77. The molecule has 0 aliphatic rings. The third-order valence-electron chi connectivity index (χ3n) is 5.09. The molecule has 1 N–H and O–H groups in total. The lowest BCUT2D eigenvalue weighted by Crippen LogP contribution is -2.21. The molecule has 3 aromatic rings.